The molecule has 17 heavy (non-hydrogen) atoms. The van der Waals surface area contributed by atoms with E-state index in [1.54, 1.807) is 0 Å². The molecule has 0 atom stereocenters. The van der Waals surface area contributed by atoms with Crippen LogP contribution in [-0.4, -0.2) is 10.9 Å². The SMILES string of the molecule is Cc1cc(C)cc(-n2c(C)cc(C=O)c2C)c1. The summed E-state index contributed by atoms with van der Waals surface area (Å²) in [5.41, 5.74) is 6.46. The number of hydrogen-bond donors (Lipinski definition) is 0. The fourth-order valence-electron chi connectivity index (χ4n) is 2.38. The zero-order valence-electron chi connectivity index (χ0n) is 10.7. The average Bonchev–Trinajstić information content (AvgIpc) is 2.52. The van der Waals surface area contributed by atoms with E-state index in [2.05, 4.69) is 36.6 Å². The molecule has 0 aliphatic heterocycles. The highest BCUT2D eigenvalue weighted by Gasteiger charge is 2.10. The van der Waals surface area contributed by atoms with Gasteiger partial charge in [-0.3, -0.25) is 4.79 Å². The van der Waals surface area contributed by atoms with Gasteiger partial charge in [-0.05, 0) is 57.0 Å². The molecule has 2 heteroatoms. The molecule has 0 N–H and O–H groups in total. The van der Waals surface area contributed by atoms with E-state index in [9.17, 15) is 4.79 Å². The normalized spacial score (nSPS) is 10.6. The van der Waals surface area contributed by atoms with Gasteiger partial charge in [-0.2, -0.15) is 0 Å². The molecule has 2 nitrogen and oxygen atoms in total. The minimum Gasteiger partial charge on any atom is -0.318 e. The van der Waals surface area contributed by atoms with Crippen molar-refractivity contribution < 1.29 is 4.79 Å². The third-order valence-corrected chi connectivity index (χ3v) is 3.06. The van der Waals surface area contributed by atoms with Crippen LogP contribution in [0, 0.1) is 27.7 Å². The van der Waals surface area contributed by atoms with Gasteiger partial charge in [-0.25, -0.2) is 0 Å². The molecule has 0 aliphatic rings. The number of benzene rings is 1. The van der Waals surface area contributed by atoms with Gasteiger partial charge in [-0.1, -0.05) is 6.07 Å². The molecule has 88 valence electrons. The van der Waals surface area contributed by atoms with Crippen molar-refractivity contribution in [1.82, 2.24) is 4.57 Å². The van der Waals surface area contributed by atoms with Crippen LogP contribution in [0.5, 0.6) is 0 Å². The summed E-state index contributed by atoms with van der Waals surface area (Å²) in [7, 11) is 0. The second-order valence-corrected chi connectivity index (χ2v) is 4.63. The smallest absolute Gasteiger partial charge is 0.151 e. The number of rotatable bonds is 2. The Labute approximate surface area is 102 Å². The maximum atomic E-state index is 10.9. The summed E-state index contributed by atoms with van der Waals surface area (Å²) in [6.07, 6.45) is 0.918. The predicted octanol–water partition coefficient (Wildman–Crippen LogP) is 3.52. The molecule has 2 aromatic rings. The monoisotopic (exact) mass is 227 g/mol. The Balaban J connectivity index is 2.67. The van der Waals surface area contributed by atoms with Crippen molar-refractivity contribution in [2.45, 2.75) is 27.7 Å². The number of carbonyl (C=O) groups is 1. The molecule has 1 aromatic carbocycles. The van der Waals surface area contributed by atoms with E-state index in [-0.39, 0.29) is 0 Å². The highest BCUT2D eigenvalue weighted by Crippen LogP contribution is 2.21. The molecular formula is C15H17NO. The molecule has 2 rings (SSSR count). The molecule has 0 saturated carbocycles. The maximum Gasteiger partial charge on any atom is 0.151 e. The predicted molar refractivity (Wildman–Crippen MR) is 70.1 cm³/mol. The van der Waals surface area contributed by atoms with Crippen LogP contribution in [0.1, 0.15) is 32.9 Å². The molecular weight excluding hydrogens is 210 g/mol. The Hall–Kier alpha value is -1.83. The Kier molecular flexibility index (Phi) is 2.88. The van der Waals surface area contributed by atoms with Crippen LogP contribution in [0.15, 0.2) is 24.3 Å². The lowest BCUT2D eigenvalue weighted by atomic mass is 10.1. The summed E-state index contributed by atoms with van der Waals surface area (Å²) in [5.74, 6) is 0. The van der Waals surface area contributed by atoms with Gasteiger partial charge in [-0.15, -0.1) is 0 Å². The van der Waals surface area contributed by atoms with E-state index in [0.717, 1.165) is 28.9 Å². The van der Waals surface area contributed by atoms with Crippen LogP contribution in [0.25, 0.3) is 5.69 Å². The van der Waals surface area contributed by atoms with Gasteiger partial charge in [0.1, 0.15) is 0 Å². The summed E-state index contributed by atoms with van der Waals surface area (Å²) in [6.45, 7) is 8.18. The second-order valence-electron chi connectivity index (χ2n) is 4.63. The molecule has 0 fully saturated rings. The third-order valence-electron chi connectivity index (χ3n) is 3.06. The van der Waals surface area contributed by atoms with Gasteiger partial charge < -0.3 is 4.57 Å². The van der Waals surface area contributed by atoms with Crippen LogP contribution < -0.4 is 0 Å². The van der Waals surface area contributed by atoms with Crippen molar-refractivity contribution in [3.8, 4) is 5.69 Å². The third kappa shape index (κ3) is 2.03. The zero-order valence-corrected chi connectivity index (χ0v) is 10.7. The molecule has 0 radical (unpaired) electrons. The number of aryl methyl sites for hydroxylation is 3. The first-order valence-electron chi connectivity index (χ1n) is 5.75. The Morgan fingerprint density at radius 1 is 0.941 bits per heavy atom. The molecule has 0 spiro atoms. The maximum absolute atomic E-state index is 10.9. The Bertz CT molecular complexity index is 559. The number of aromatic nitrogens is 1. The largest absolute Gasteiger partial charge is 0.318 e. The van der Waals surface area contributed by atoms with Crippen LogP contribution in [0.3, 0.4) is 0 Å². The van der Waals surface area contributed by atoms with Crippen molar-refractivity contribution in [2.24, 2.45) is 0 Å². The first-order chi connectivity index (χ1) is 8.02. The summed E-state index contributed by atoms with van der Waals surface area (Å²) in [4.78, 5) is 10.9. The number of carbonyl (C=O) groups excluding carboxylic acids is 1. The minimum absolute atomic E-state index is 0.765. The summed E-state index contributed by atoms with van der Waals surface area (Å²) in [6, 6.07) is 8.36. The van der Waals surface area contributed by atoms with Gasteiger partial charge in [0.25, 0.3) is 0 Å². The number of nitrogens with zero attached hydrogens (tertiary/aromatic N) is 1. The lowest BCUT2D eigenvalue weighted by Gasteiger charge is -2.11. The van der Waals surface area contributed by atoms with E-state index in [0.29, 0.717) is 0 Å². The number of aldehydes is 1. The standard InChI is InChI=1S/C15H17NO/c1-10-5-11(2)7-15(6-10)16-12(3)8-14(9-17)13(16)4/h5-9H,1-4H3. The summed E-state index contributed by atoms with van der Waals surface area (Å²) >= 11 is 0. The minimum atomic E-state index is 0.765. The molecule has 1 aromatic heterocycles. The summed E-state index contributed by atoms with van der Waals surface area (Å²) < 4.78 is 2.13. The van der Waals surface area contributed by atoms with Crippen molar-refractivity contribution in [1.29, 1.82) is 0 Å². The van der Waals surface area contributed by atoms with E-state index < -0.39 is 0 Å². The van der Waals surface area contributed by atoms with Gasteiger partial charge in [0.2, 0.25) is 0 Å². The van der Waals surface area contributed by atoms with Crippen LogP contribution in [0.2, 0.25) is 0 Å². The van der Waals surface area contributed by atoms with Crippen LogP contribution >= 0.6 is 0 Å². The topological polar surface area (TPSA) is 22.0 Å². The highest BCUT2D eigenvalue weighted by atomic mass is 16.1. The van der Waals surface area contributed by atoms with E-state index in [1.807, 2.05) is 19.9 Å². The van der Waals surface area contributed by atoms with Crippen LogP contribution in [-0.2, 0) is 0 Å². The number of hydrogen-bond acceptors (Lipinski definition) is 1. The van der Waals surface area contributed by atoms with Crippen molar-refractivity contribution in [2.75, 3.05) is 0 Å². The van der Waals surface area contributed by atoms with Crippen molar-refractivity contribution in [3.05, 3.63) is 52.3 Å². The van der Waals surface area contributed by atoms with E-state index in [4.69, 9.17) is 0 Å². The lowest BCUT2D eigenvalue weighted by Crippen LogP contribution is -2.00. The average molecular weight is 227 g/mol. The fourth-order valence-corrected chi connectivity index (χ4v) is 2.38. The summed E-state index contributed by atoms with van der Waals surface area (Å²) in [5, 5.41) is 0. The first-order valence-corrected chi connectivity index (χ1v) is 5.75. The fraction of sp³-hybridized carbons (Fsp3) is 0.267. The molecule has 0 amide bonds. The molecule has 0 aliphatic carbocycles. The quantitative estimate of drug-likeness (QED) is 0.719. The van der Waals surface area contributed by atoms with Crippen molar-refractivity contribution in [3.63, 3.8) is 0 Å². The van der Waals surface area contributed by atoms with Gasteiger partial charge in [0, 0.05) is 22.6 Å². The lowest BCUT2D eigenvalue weighted by molar-refractivity contribution is 0.112. The highest BCUT2D eigenvalue weighted by molar-refractivity contribution is 5.77. The van der Waals surface area contributed by atoms with Gasteiger partial charge >= 0.3 is 0 Å². The van der Waals surface area contributed by atoms with Gasteiger partial charge in [0.05, 0.1) is 0 Å². The molecule has 0 unspecified atom stereocenters. The second kappa shape index (κ2) is 4.21. The van der Waals surface area contributed by atoms with Crippen molar-refractivity contribution >= 4 is 6.29 Å². The van der Waals surface area contributed by atoms with E-state index in [1.165, 1.54) is 11.1 Å². The van der Waals surface area contributed by atoms with E-state index >= 15 is 0 Å². The van der Waals surface area contributed by atoms with Crippen LogP contribution in [0.4, 0.5) is 0 Å². The zero-order chi connectivity index (χ0) is 12.6. The Morgan fingerprint density at radius 3 is 2.00 bits per heavy atom. The Morgan fingerprint density at radius 2 is 1.53 bits per heavy atom. The van der Waals surface area contributed by atoms with Gasteiger partial charge in [0.15, 0.2) is 6.29 Å². The molecule has 0 saturated heterocycles. The molecule has 0 bridgehead atoms. The molecule has 1 heterocycles. The first kappa shape index (κ1) is 11.6.